The van der Waals surface area contributed by atoms with Gasteiger partial charge < -0.3 is 14.0 Å². The topological polar surface area (TPSA) is 58.6 Å². The molecule has 0 aliphatic heterocycles. The van der Waals surface area contributed by atoms with E-state index in [2.05, 4.69) is 0 Å². The maximum Gasteiger partial charge on any atom is 0.411 e. The fourth-order valence-electron chi connectivity index (χ4n) is 3.64. The average molecular weight is 531 g/mol. The summed E-state index contributed by atoms with van der Waals surface area (Å²) in [4.78, 5) is -0.0169. The Morgan fingerprint density at radius 3 is 1.33 bits per heavy atom. The second-order valence-electron chi connectivity index (χ2n) is 8.82. The van der Waals surface area contributed by atoms with Crippen LogP contribution in [0.2, 0.25) is 0 Å². The number of halogens is 6. The van der Waals surface area contributed by atoms with Crippen molar-refractivity contribution in [1.29, 1.82) is 0 Å². The summed E-state index contributed by atoms with van der Waals surface area (Å²) < 4.78 is 119. The molecule has 0 radical (unpaired) electrons. The van der Waals surface area contributed by atoms with E-state index in [1.54, 1.807) is 20.8 Å². The molecule has 3 aromatic rings. The largest absolute Gasteiger partial charge is 0.768 e. The molecule has 0 amide bonds. The molecule has 0 aliphatic carbocycles. The van der Waals surface area contributed by atoms with E-state index >= 15 is 0 Å². The summed E-state index contributed by atoms with van der Waals surface area (Å²) in [6.07, 6.45) is -11.5. The molecule has 3 rings (SSSR count). The van der Waals surface area contributed by atoms with E-state index in [4.69, 9.17) is 9.47 Å². The fraction of sp³-hybridized carbons (Fsp3) is 0.280. The third-order valence-electron chi connectivity index (χ3n) is 5.10. The Kier molecular flexibility index (Phi) is 7.48. The molecular weight excluding hydrogens is 510 g/mol. The van der Waals surface area contributed by atoms with Gasteiger partial charge in [0.1, 0.15) is 22.8 Å². The first-order chi connectivity index (χ1) is 16.5. The minimum atomic E-state index is -5.73. The lowest BCUT2D eigenvalue weighted by molar-refractivity contribution is -0.288. The minimum absolute atomic E-state index is 0.0169. The number of hydrogen-bond acceptors (Lipinski definition) is 4. The van der Waals surface area contributed by atoms with Crippen LogP contribution in [0.4, 0.5) is 26.3 Å². The summed E-state index contributed by atoms with van der Waals surface area (Å²) in [5, 5.41) is 0. The highest BCUT2D eigenvalue weighted by molar-refractivity contribution is 7.79. The second-order valence-corrected chi connectivity index (χ2v) is 9.76. The van der Waals surface area contributed by atoms with Crippen LogP contribution in [-0.4, -0.2) is 26.7 Å². The van der Waals surface area contributed by atoms with Crippen molar-refractivity contribution in [2.24, 2.45) is 0 Å². The molecule has 0 heterocycles. The van der Waals surface area contributed by atoms with Gasteiger partial charge in [-0.15, -0.1) is 0 Å². The molecule has 1 unspecified atom stereocenters. The molecule has 1 atom stereocenters. The van der Waals surface area contributed by atoms with E-state index in [-0.39, 0.29) is 22.1 Å². The summed E-state index contributed by atoms with van der Waals surface area (Å²) in [6.45, 7) is 5.08. The summed E-state index contributed by atoms with van der Waals surface area (Å²) in [6, 6.07) is 12.1. The van der Waals surface area contributed by atoms with Gasteiger partial charge in [0, 0.05) is 4.90 Å². The van der Waals surface area contributed by atoms with Gasteiger partial charge in [0.05, 0.1) is 0 Å². The summed E-state index contributed by atoms with van der Waals surface area (Å²) in [5.41, 5.74) is -7.07. The molecule has 36 heavy (non-hydrogen) atoms. The SMILES string of the molecule is CC(C)(C)Oc1ccc(C(c2ccc(Oc3ccc(S(=O)[O-])cc3)cc2)(C(F)(F)F)C(F)(F)F)cc1. The Balaban J connectivity index is 2.03. The van der Waals surface area contributed by atoms with Crippen LogP contribution in [0.15, 0.2) is 77.7 Å². The zero-order valence-electron chi connectivity index (χ0n) is 19.2. The van der Waals surface area contributed by atoms with Crippen molar-refractivity contribution in [3.63, 3.8) is 0 Å². The van der Waals surface area contributed by atoms with Crippen LogP contribution < -0.4 is 9.47 Å². The van der Waals surface area contributed by atoms with Crippen LogP contribution in [0.3, 0.4) is 0 Å². The molecule has 0 fully saturated rings. The van der Waals surface area contributed by atoms with Crippen LogP contribution in [0, 0.1) is 0 Å². The Morgan fingerprint density at radius 2 is 1.00 bits per heavy atom. The first kappa shape index (κ1) is 27.5. The van der Waals surface area contributed by atoms with E-state index in [1.165, 1.54) is 24.3 Å². The molecule has 0 N–H and O–H groups in total. The predicted octanol–water partition coefficient (Wildman–Crippen LogP) is 7.30. The highest BCUT2D eigenvalue weighted by Gasteiger charge is 2.72. The maximum atomic E-state index is 14.3. The molecule has 0 spiro atoms. The number of rotatable bonds is 6. The lowest BCUT2D eigenvalue weighted by atomic mass is 9.73. The Labute approximate surface area is 206 Å². The molecule has 0 saturated heterocycles. The average Bonchev–Trinajstić information content (AvgIpc) is 2.74. The van der Waals surface area contributed by atoms with Gasteiger partial charge in [0.2, 0.25) is 5.41 Å². The lowest BCUT2D eigenvalue weighted by Crippen LogP contribution is -2.54. The Bertz CT molecular complexity index is 1180. The van der Waals surface area contributed by atoms with Crippen LogP contribution in [0.25, 0.3) is 0 Å². The highest BCUT2D eigenvalue weighted by Crippen LogP contribution is 2.56. The first-order valence-electron chi connectivity index (χ1n) is 10.5. The molecule has 4 nitrogen and oxygen atoms in total. The van der Waals surface area contributed by atoms with E-state index in [1.807, 2.05) is 0 Å². The zero-order valence-corrected chi connectivity index (χ0v) is 20.1. The molecule has 0 bridgehead atoms. The summed E-state index contributed by atoms with van der Waals surface area (Å²) >= 11 is -2.47. The van der Waals surface area contributed by atoms with Gasteiger partial charge in [-0.3, -0.25) is 4.21 Å². The molecule has 11 heteroatoms. The van der Waals surface area contributed by atoms with E-state index in [0.29, 0.717) is 12.1 Å². The van der Waals surface area contributed by atoms with Gasteiger partial charge >= 0.3 is 12.4 Å². The van der Waals surface area contributed by atoms with Crippen molar-refractivity contribution in [1.82, 2.24) is 0 Å². The standard InChI is InChI=1S/C25H22F6O4S/c1-22(2,3)35-20-10-6-17(7-11-20)23(24(26,27)28,25(29,30)31)16-4-8-18(9-5-16)34-19-12-14-21(15-13-19)36(32)33/h4-15H,1-3H3,(H,32,33)/p-1. The monoisotopic (exact) mass is 531 g/mol. The minimum Gasteiger partial charge on any atom is -0.768 e. The van der Waals surface area contributed by atoms with Gasteiger partial charge in [-0.1, -0.05) is 24.3 Å². The third kappa shape index (κ3) is 5.67. The number of benzene rings is 3. The summed E-state index contributed by atoms with van der Waals surface area (Å²) in [5.74, 6) is 0.228. The molecular formula is C25H21F6O4S-. The Hall–Kier alpha value is -3.05. The molecule has 194 valence electrons. The van der Waals surface area contributed by atoms with Crippen molar-refractivity contribution >= 4 is 11.1 Å². The molecule has 0 aromatic heterocycles. The van der Waals surface area contributed by atoms with Crippen molar-refractivity contribution in [2.45, 2.75) is 49.0 Å². The maximum absolute atomic E-state index is 14.3. The van der Waals surface area contributed by atoms with Gasteiger partial charge in [-0.2, -0.15) is 26.3 Å². The molecule has 3 aromatic carbocycles. The number of alkyl halides is 6. The fourth-order valence-corrected chi connectivity index (χ4v) is 3.99. The van der Waals surface area contributed by atoms with Crippen LogP contribution in [-0.2, 0) is 16.5 Å². The van der Waals surface area contributed by atoms with Crippen molar-refractivity contribution in [3.05, 3.63) is 83.9 Å². The summed E-state index contributed by atoms with van der Waals surface area (Å²) in [7, 11) is 0. The van der Waals surface area contributed by atoms with Gasteiger partial charge in [-0.25, -0.2) is 0 Å². The van der Waals surface area contributed by atoms with Crippen LogP contribution in [0.5, 0.6) is 17.2 Å². The van der Waals surface area contributed by atoms with Gasteiger partial charge in [0.25, 0.3) is 0 Å². The van der Waals surface area contributed by atoms with Crippen molar-refractivity contribution in [2.75, 3.05) is 0 Å². The molecule has 0 saturated carbocycles. The van der Waals surface area contributed by atoms with E-state index < -0.39 is 45.6 Å². The van der Waals surface area contributed by atoms with E-state index in [9.17, 15) is 35.1 Å². The van der Waals surface area contributed by atoms with Crippen LogP contribution in [0.1, 0.15) is 31.9 Å². The highest BCUT2D eigenvalue weighted by atomic mass is 32.2. The number of ether oxygens (including phenoxy) is 2. The third-order valence-corrected chi connectivity index (χ3v) is 5.76. The predicted molar refractivity (Wildman–Crippen MR) is 120 cm³/mol. The first-order valence-corrected chi connectivity index (χ1v) is 11.5. The second kappa shape index (κ2) is 9.78. The van der Waals surface area contributed by atoms with Crippen molar-refractivity contribution in [3.8, 4) is 17.2 Å². The van der Waals surface area contributed by atoms with Gasteiger partial charge in [0.15, 0.2) is 0 Å². The van der Waals surface area contributed by atoms with Crippen LogP contribution >= 0.6 is 0 Å². The number of hydrogen-bond donors (Lipinski definition) is 0. The zero-order chi connectivity index (χ0) is 26.9. The lowest BCUT2D eigenvalue weighted by Gasteiger charge is -2.38. The van der Waals surface area contributed by atoms with E-state index in [0.717, 1.165) is 36.4 Å². The Morgan fingerprint density at radius 1 is 0.639 bits per heavy atom. The van der Waals surface area contributed by atoms with Gasteiger partial charge in [-0.05, 0) is 91.5 Å². The van der Waals surface area contributed by atoms with Crippen molar-refractivity contribution < 1.29 is 44.6 Å². The quantitative estimate of drug-likeness (QED) is 0.247. The molecule has 0 aliphatic rings. The smallest absolute Gasteiger partial charge is 0.411 e. The normalized spacial score (nSPS) is 13.8.